The molecule has 1 fully saturated rings. The second kappa shape index (κ2) is 8.25. The quantitative estimate of drug-likeness (QED) is 0.844. The average Bonchev–Trinajstić information content (AvgIpc) is 2.69. The van der Waals surface area contributed by atoms with Crippen molar-refractivity contribution < 1.29 is 4.79 Å². The molecule has 138 valence electrons. The SMILES string of the molecule is CCN(CC)C(=O)N1CCC[C@@H](c2nc(C)ncc2-c2ccncc2)C1. The topological polar surface area (TPSA) is 62.2 Å². The van der Waals surface area contributed by atoms with Gasteiger partial charge in [-0.2, -0.15) is 0 Å². The molecule has 0 bridgehead atoms. The van der Waals surface area contributed by atoms with Crippen LogP contribution in [0.25, 0.3) is 11.1 Å². The third-order valence-corrected chi connectivity index (χ3v) is 5.04. The molecule has 0 spiro atoms. The van der Waals surface area contributed by atoms with E-state index in [0.29, 0.717) is 6.54 Å². The fraction of sp³-hybridized carbons (Fsp3) is 0.500. The van der Waals surface area contributed by atoms with Crippen molar-refractivity contribution in [1.82, 2.24) is 24.8 Å². The highest BCUT2D eigenvalue weighted by molar-refractivity contribution is 5.74. The second-order valence-electron chi connectivity index (χ2n) is 6.69. The summed E-state index contributed by atoms with van der Waals surface area (Å²) in [7, 11) is 0. The van der Waals surface area contributed by atoms with Crippen LogP contribution in [0.1, 0.15) is 44.1 Å². The Morgan fingerprint density at radius 1 is 1.27 bits per heavy atom. The third-order valence-electron chi connectivity index (χ3n) is 5.04. The highest BCUT2D eigenvalue weighted by atomic mass is 16.2. The minimum atomic E-state index is 0.135. The molecule has 0 unspecified atom stereocenters. The minimum absolute atomic E-state index is 0.135. The predicted octanol–water partition coefficient (Wildman–Crippen LogP) is 3.49. The van der Waals surface area contributed by atoms with Crippen molar-refractivity contribution in [2.24, 2.45) is 0 Å². The molecule has 0 aromatic carbocycles. The molecule has 2 aromatic heterocycles. The van der Waals surface area contributed by atoms with Crippen molar-refractivity contribution in [3.8, 4) is 11.1 Å². The Balaban J connectivity index is 1.89. The summed E-state index contributed by atoms with van der Waals surface area (Å²) in [6.45, 7) is 8.99. The van der Waals surface area contributed by atoms with Crippen LogP contribution >= 0.6 is 0 Å². The van der Waals surface area contributed by atoms with Gasteiger partial charge in [-0.05, 0) is 51.3 Å². The van der Waals surface area contributed by atoms with Crippen LogP contribution in [0, 0.1) is 6.92 Å². The van der Waals surface area contributed by atoms with Crippen molar-refractivity contribution in [1.29, 1.82) is 0 Å². The van der Waals surface area contributed by atoms with E-state index in [0.717, 1.165) is 55.1 Å². The third kappa shape index (κ3) is 3.84. The zero-order valence-electron chi connectivity index (χ0n) is 15.9. The molecule has 2 aromatic rings. The number of hydrogen-bond donors (Lipinski definition) is 0. The summed E-state index contributed by atoms with van der Waals surface area (Å²) < 4.78 is 0. The minimum Gasteiger partial charge on any atom is -0.325 e. The van der Waals surface area contributed by atoms with Crippen molar-refractivity contribution in [3.05, 3.63) is 42.2 Å². The number of aryl methyl sites for hydroxylation is 1. The van der Waals surface area contributed by atoms with Gasteiger partial charge in [0.05, 0.1) is 5.69 Å². The Kier molecular flexibility index (Phi) is 5.81. The molecule has 3 rings (SSSR count). The largest absolute Gasteiger partial charge is 0.325 e. The monoisotopic (exact) mass is 353 g/mol. The maximum atomic E-state index is 12.8. The fourth-order valence-electron chi connectivity index (χ4n) is 3.62. The predicted molar refractivity (Wildman–Crippen MR) is 102 cm³/mol. The molecular formula is C20H27N5O. The van der Waals surface area contributed by atoms with Crippen molar-refractivity contribution in [2.75, 3.05) is 26.2 Å². The van der Waals surface area contributed by atoms with Gasteiger partial charge in [-0.15, -0.1) is 0 Å². The molecule has 1 saturated heterocycles. The number of urea groups is 1. The number of likely N-dealkylation sites (tertiary alicyclic amines) is 1. The number of aromatic nitrogens is 3. The molecule has 26 heavy (non-hydrogen) atoms. The fourth-order valence-corrected chi connectivity index (χ4v) is 3.62. The number of rotatable bonds is 4. The number of amides is 2. The maximum absolute atomic E-state index is 12.8. The van der Waals surface area contributed by atoms with Crippen LogP contribution in [-0.4, -0.2) is 57.0 Å². The Hall–Kier alpha value is -2.50. The normalized spacial score (nSPS) is 17.2. The number of nitrogens with zero attached hydrogens (tertiary/aromatic N) is 5. The van der Waals surface area contributed by atoms with Gasteiger partial charge in [0, 0.05) is 56.3 Å². The van der Waals surface area contributed by atoms with Gasteiger partial charge in [0.25, 0.3) is 0 Å². The summed E-state index contributed by atoms with van der Waals surface area (Å²) in [4.78, 5) is 29.9. The lowest BCUT2D eigenvalue weighted by atomic mass is 9.90. The number of pyridine rings is 1. The molecule has 0 saturated carbocycles. The van der Waals surface area contributed by atoms with Gasteiger partial charge in [0.15, 0.2) is 0 Å². The summed E-state index contributed by atoms with van der Waals surface area (Å²) in [5.74, 6) is 0.998. The number of piperidine rings is 1. The first-order valence-electron chi connectivity index (χ1n) is 9.41. The average molecular weight is 353 g/mol. The molecule has 0 aliphatic carbocycles. The van der Waals surface area contributed by atoms with Gasteiger partial charge in [0.1, 0.15) is 5.82 Å². The molecule has 1 aliphatic rings. The number of hydrogen-bond acceptors (Lipinski definition) is 4. The van der Waals surface area contributed by atoms with Crippen molar-refractivity contribution >= 4 is 6.03 Å². The lowest BCUT2D eigenvalue weighted by molar-refractivity contribution is 0.142. The molecule has 6 heteroatoms. The Morgan fingerprint density at radius 3 is 2.69 bits per heavy atom. The van der Waals surface area contributed by atoms with E-state index in [-0.39, 0.29) is 11.9 Å². The summed E-state index contributed by atoms with van der Waals surface area (Å²) in [6.07, 6.45) is 7.51. The van der Waals surface area contributed by atoms with Crippen LogP contribution in [0.15, 0.2) is 30.7 Å². The summed E-state index contributed by atoms with van der Waals surface area (Å²) in [5.41, 5.74) is 3.16. The first-order chi connectivity index (χ1) is 12.6. The zero-order chi connectivity index (χ0) is 18.5. The van der Waals surface area contributed by atoms with Crippen LogP contribution in [-0.2, 0) is 0 Å². The van der Waals surface area contributed by atoms with E-state index in [9.17, 15) is 4.79 Å². The van der Waals surface area contributed by atoms with E-state index in [1.165, 1.54) is 0 Å². The van der Waals surface area contributed by atoms with Gasteiger partial charge >= 0.3 is 6.03 Å². The van der Waals surface area contributed by atoms with E-state index in [4.69, 9.17) is 4.98 Å². The Bertz CT molecular complexity index is 745. The number of carbonyl (C=O) groups excluding carboxylic acids is 1. The molecular weight excluding hydrogens is 326 g/mol. The first-order valence-corrected chi connectivity index (χ1v) is 9.41. The molecule has 3 heterocycles. The van der Waals surface area contributed by atoms with Gasteiger partial charge in [-0.25, -0.2) is 14.8 Å². The van der Waals surface area contributed by atoms with Crippen LogP contribution in [0.4, 0.5) is 4.79 Å². The van der Waals surface area contributed by atoms with Gasteiger partial charge < -0.3 is 9.80 Å². The summed E-state index contributed by atoms with van der Waals surface area (Å²) >= 11 is 0. The summed E-state index contributed by atoms with van der Waals surface area (Å²) in [6, 6.07) is 4.11. The van der Waals surface area contributed by atoms with Crippen LogP contribution in [0.5, 0.6) is 0 Å². The van der Waals surface area contributed by atoms with Crippen molar-refractivity contribution in [3.63, 3.8) is 0 Å². The summed E-state index contributed by atoms with van der Waals surface area (Å²) in [5, 5.41) is 0. The highest BCUT2D eigenvalue weighted by Gasteiger charge is 2.29. The van der Waals surface area contributed by atoms with Gasteiger partial charge in [-0.3, -0.25) is 4.98 Å². The van der Waals surface area contributed by atoms with Gasteiger partial charge in [0.2, 0.25) is 0 Å². The molecule has 1 aliphatic heterocycles. The molecule has 0 N–H and O–H groups in total. The van der Waals surface area contributed by atoms with Crippen molar-refractivity contribution in [2.45, 2.75) is 39.5 Å². The lowest BCUT2D eigenvalue weighted by Gasteiger charge is -2.36. The Morgan fingerprint density at radius 2 is 2.00 bits per heavy atom. The zero-order valence-corrected chi connectivity index (χ0v) is 15.9. The number of carbonyl (C=O) groups is 1. The van der Waals surface area contributed by atoms with E-state index < -0.39 is 0 Å². The second-order valence-corrected chi connectivity index (χ2v) is 6.69. The maximum Gasteiger partial charge on any atom is 0.319 e. The van der Waals surface area contributed by atoms with E-state index in [2.05, 4.69) is 9.97 Å². The molecule has 6 nitrogen and oxygen atoms in total. The lowest BCUT2D eigenvalue weighted by Crippen LogP contribution is -2.47. The van der Waals surface area contributed by atoms with E-state index in [1.807, 2.05) is 48.9 Å². The molecule has 2 amide bonds. The van der Waals surface area contributed by atoms with Crippen LogP contribution in [0.3, 0.4) is 0 Å². The highest BCUT2D eigenvalue weighted by Crippen LogP contribution is 2.33. The van der Waals surface area contributed by atoms with E-state index in [1.54, 1.807) is 12.4 Å². The first kappa shape index (κ1) is 18.3. The van der Waals surface area contributed by atoms with E-state index >= 15 is 0 Å². The van der Waals surface area contributed by atoms with Crippen LogP contribution in [0.2, 0.25) is 0 Å². The smallest absolute Gasteiger partial charge is 0.319 e. The molecule has 1 atom stereocenters. The van der Waals surface area contributed by atoms with Gasteiger partial charge in [-0.1, -0.05) is 0 Å². The van der Waals surface area contributed by atoms with Crippen LogP contribution < -0.4 is 0 Å². The Labute approximate surface area is 155 Å². The molecule has 0 radical (unpaired) electrons. The standard InChI is InChI=1S/C20H27N5O/c1-4-24(5-2)20(26)25-12-6-7-17(14-25)19-18(13-22-15(3)23-19)16-8-10-21-11-9-16/h8-11,13,17H,4-7,12,14H2,1-3H3/t17-/m1/s1.